The highest BCUT2D eigenvalue weighted by Crippen LogP contribution is 2.20. The monoisotopic (exact) mass is 386 g/mol. The number of thiophene rings is 1. The van der Waals surface area contributed by atoms with Gasteiger partial charge in [-0.05, 0) is 37.1 Å². The molecule has 2 aromatic rings. The van der Waals surface area contributed by atoms with Crippen LogP contribution in [0.3, 0.4) is 0 Å². The van der Waals surface area contributed by atoms with Gasteiger partial charge in [0.05, 0.1) is 18.4 Å². The molecule has 1 aliphatic heterocycles. The Balaban J connectivity index is 1.50. The van der Waals surface area contributed by atoms with Crippen molar-refractivity contribution in [1.29, 1.82) is 0 Å². The third-order valence-corrected chi connectivity index (χ3v) is 5.99. The standard InChI is InChI=1S/C20H26N4O2S/c1-15(25)23-8-10-24(11-9-23)17-4-2-16(22-14-17)3-5-19-6-7-20(27-19)12-18(26)13-21/h2,4,6-7,14H,3,5,8-13,21H2,1H3. The molecule has 0 spiro atoms. The molecule has 0 aliphatic carbocycles. The summed E-state index contributed by atoms with van der Waals surface area (Å²) in [7, 11) is 0. The van der Waals surface area contributed by atoms with Crippen LogP contribution in [0.25, 0.3) is 0 Å². The van der Waals surface area contributed by atoms with Gasteiger partial charge in [-0.3, -0.25) is 14.6 Å². The predicted octanol–water partition coefficient (Wildman–Crippen LogP) is 1.67. The van der Waals surface area contributed by atoms with Crippen LogP contribution in [0, 0.1) is 0 Å². The molecule has 0 radical (unpaired) electrons. The maximum Gasteiger partial charge on any atom is 0.219 e. The van der Waals surface area contributed by atoms with Crippen LogP contribution in [-0.4, -0.2) is 54.3 Å². The van der Waals surface area contributed by atoms with Gasteiger partial charge in [-0.1, -0.05) is 0 Å². The quantitative estimate of drug-likeness (QED) is 0.783. The van der Waals surface area contributed by atoms with Crippen LogP contribution in [0.15, 0.2) is 30.5 Å². The molecular weight excluding hydrogens is 360 g/mol. The number of nitrogens with two attached hydrogens (primary N) is 1. The molecular formula is C20H26N4O2S. The molecule has 2 N–H and O–H groups in total. The third kappa shape index (κ3) is 5.37. The van der Waals surface area contributed by atoms with Gasteiger partial charge in [-0.25, -0.2) is 0 Å². The van der Waals surface area contributed by atoms with Crippen LogP contribution in [0.1, 0.15) is 22.4 Å². The molecule has 0 aromatic carbocycles. The molecule has 6 nitrogen and oxygen atoms in total. The normalized spacial score (nSPS) is 14.4. The maximum absolute atomic E-state index is 11.4. The van der Waals surface area contributed by atoms with Crippen molar-refractivity contribution in [2.24, 2.45) is 5.73 Å². The van der Waals surface area contributed by atoms with Crippen molar-refractivity contribution < 1.29 is 9.59 Å². The SMILES string of the molecule is CC(=O)N1CCN(c2ccc(CCc3ccc(CC(=O)CN)s3)nc2)CC1. The molecule has 0 atom stereocenters. The number of carbonyl (C=O) groups is 2. The summed E-state index contributed by atoms with van der Waals surface area (Å²) in [6.45, 7) is 4.96. The van der Waals surface area contributed by atoms with Gasteiger partial charge in [0, 0.05) is 55.0 Å². The fourth-order valence-electron chi connectivity index (χ4n) is 3.20. The van der Waals surface area contributed by atoms with E-state index < -0.39 is 0 Å². The molecule has 144 valence electrons. The minimum Gasteiger partial charge on any atom is -0.367 e. The van der Waals surface area contributed by atoms with Crippen LogP contribution < -0.4 is 10.6 Å². The Bertz CT molecular complexity index is 780. The number of nitrogens with zero attached hydrogens (tertiary/aromatic N) is 3. The van der Waals surface area contributed by atoms with Crippen molar-refractivity contribution >= 4 is 28.7 Å². The lowest BCUT2D eigenvalue weighted by atomic mass is 10.2. The van der Waals surface area contributed by atoms with Crippen molar-refractivity contribution in [3.05, 3.63) is 45.9 Å². The molecule has 1 amide bonds. The largest absolute Gasteiger partial charge is 0.367 e. The smallest absolute Gasteiger partial charge is 0.219 e. The van der Waals surface area contributed by atoms with Crippen molar-refractivity contribution in [1.82, 2.24) is 9.88 Å². The van der Waals surface area contributed by atoms with Gasteiger partial charge in [0.15, 0.2) is 5.78 Å². The molecule has 27 heavy (non-hydrogen) atoms. The summed E-state index contributed by atoms with van der Waals surface area (Å²) in [6, 6.07) is 8.31. The molecule has 1 fully saturated rings. The lowest BCUT2D eigenvalue weighted by molar-refractivity contribution is -0.129. The summed E-state index contributed by atoms with van der Waals surface area (Å²) in [5.74, 6) is 0.219. The van der Waals surface area contributed by atoms with E-state index in [4.69, 9.17) is 5.73 Å². The summed E-state index contributed by atoms with van der Waals surface area (Å²) >= 11 is 1.68. The van der Waals surface area contributed by atoms with E-state index in [2.05, 4.69) is 28.1 Å². The van der Waals surface area contributed by atoms with Crippen LogP contribution in [0.4, 0.5) is 5.69 Å². The zero-order valence-electron chi connectivity index (χ0n) is 15.7. The molecule has 2 aromatic heterocycles. The van der Waals surface area contributed by atoms with Gasteiger partial charge in [-0.2, -0.15) is 0 Å². The number of hydrogen-bond acceptors (Lipinski definition) is 6. The van der Waals surface area contributed by atoms with Gasteiger partial charge in [0.1, 0.15) is 0 Å². The number of pyridine rings is 1. The molecule has 3 heterocycles. The lowest BCUT2D eigenvalue weighted by Gasteiger charge is -2.35. The minimum atomic E-state index is 0.0739. The number of carbonyl (C=O) groups excluding carboxylic acids is 2. The van der Waals surface area contributed by atoms with E-state index in [1.807, 2.05) is 17.2 Å². The molecule has 0 saturated carbocycles. The highest BCUT2D eigenvalue weighted by Gasteiger charge is 2.18. The third-order valence-electron chi connectivity index (χ3n) is 4.84. The number of hydrogen-bond donors (Lipinski definition) is 1. The molecule has 0 bridgehead atoms. The number of aromatic nitrogens is 1. The summed E-state index contributed by atoms with van der Waals surface area (Å²) in [4.78, 5) is 34.0. The number of ketones is 1. The van der Waals surface area contributed by atoms with Gasteiger partial charge in [0.2, 0.25) is 5.91 Å². The average Bonchev–Trinajstić information content (AvgIpc) is 3.14. The first kappa shape index (κ1) is 19.5. The Kier molecular flexibility index (Phi) is 6.58. The highest BCUT2D eigenvalue weighted by atomic mass is 32.1. The summed E-state index contributed by atoms with van der Waals surface area (Å²) in [5, 5.41) is 0. The molecule has 7 heteroatoms. The van der Waals surface area contributed by atoms with E-state index in [-0.39, 0.29) is 18.2 Å². The Hall–Kier alpha value is -2.25. The minimum absolute atomic E-state index is 0.0739. The van der Waals surface area contributed by atoms with Crippen LogP contribution >= 0.6 is 11.3 Å². The first-order valence-corrected chi connectivity index (χ1v) is 10.1. The first-order chi connectivity index (χ1) is 13.0. The van der Waals surface area contributed by atoms with E-state index >= 15 is 0 Å². The van der Waals surface area contributed by atoms with Gasteiger partial charge >= 0.3 is 0 Å². The molecule has 3 rings (SSSR count). The highest BCUT2D eigenvalue weighted by molar-refractivity contribution is 7.12. The first-order valence-electron chi connectivity index (χ1n) is 9.30. The van der Waals surface area contributed by atoms with E-state index in [0.717, 1.165) is 55.3 Å². The van der Waals surface area contributed by atoms with E-state index in [9.17, 15) is 9.59 Å². The second-order valence-corrected chi connectivity index (χ2v) is 8.04. The Morgan fingerprint density at radius 3 is 2.44 bits per heavy atom. The van der Waals surface area contributed by atoms with Crippen LogP contribution in [0.5, 0.6) is 0 Å². The number of Topliss-reactive ketones (excluding diaryl/α,β-unsaturated/α-hetero) is 1. The van der Waals surface area contributed by atoms with Crippen molar-refractivity contribution in [2.45, 2.75) is 26.2 Å². The van der Waals surface area contributed by atoms with Crippen molar-refractivity contribution in [2.75, 3.05) is 37.6 Å². The summed E-state index contributed by atoms with van der Waals surface area (Å²) in [6.07, 6.45) is 4.16. The number of anilines is 1. The lowest BCUT2D eigenvalue weighted by Crippen LogP contribution is -2.48. The fraction of sp³-hybridized carbons (Fsp3) is 0.450. The number of amides is 1. The average molecular weight is 387 g/mol. The summed E-state index contributed by atoms with van der Waals surface area (Å²) in [5.41, 5.74) is 7.55. The topological polar surface area (TPSA) is 79.5 Å². The molecule has 1 aliphatic rings. The number of piperazine rings is 1. The number of rotatable bonds is 7. The Labute approximate surface area is 164 Å². The zero-order valence-corrected chi connectivity index (χ0v) is 16.5. The van der Waals surface area contributed by atoms with Gasteiger partial charge < -0.3 is 15.5 Å². The van der Waals surface area contributed by atoms with E-state index in [1.54, 1.807) is 18.3 Å². The second-order valence-electron chi connectivity index (χ2n) is 6.79. The summed E-state index contributed by atoms with van der Waals surface area (Å²) < 4.78 is 0. The van der Waals surface area contributed by atoms with Crippen molar-refractivity contribution in [3.8, 4) is 0 Å². The fourth-order valence-corrected chi connectivity index (χ4v) is 4.25. The van der Waals surface area contributed by atoms with Crippen LogP contribution in [-0.2, 0) is 28.9 Å². The Morgan fingerprint density at radius 2 is 1.81 bits per heavy atom. The van der Waals surface area contributed by atoms with Crippen molar-refractivity contribution in [3.63, 3.8) is 0 Å². The van der Waals surface area contributed by atoms with Crippen LogP contribution in [0.2, 0.25) is 0 Å². The molecule has 1 saturated heterocycles. The second kappa shape index (κ2) is 9.10. The Morgan fingerprint density at radius 1 is 1.07 bits per heavy atom. The maximum atomic E-state index is 11.4. The predicted molar refractivity (Wildman–Crippen MR) is 108 cm³/mol. The molecule has 0 unspecified atom stereocenters. The zero-order chi connectivity index (χ0) is 19.2. The van der Waals surface area contributed by atoms with E-state index in [0.29, 0.717) is 6.42 Å². The van der Waals surface area contributed by atoms with Gasteiger partial charge in [-0.15, -0.1) is 11.3 Å². The van der Waals surface area contributed by atoms with E-state index in [1.165, 1.54) is 4.88 Å². The number of aryl methyl sites for hydroxylation is 2. The van der Waals surface area contributed by atoms with Gasteiger partial charge in [0.25, 0.3) is 0 Å².